The number of nitrogens with zero attached hydrogens (tertiary/aromatic N) is 5. The average Bonchev–Trinajstić information content (AvgIpc) is 2.92. The van der Waals surface area contributed by atoms with Gasteiger partial charge in [0.2, 0.25) is 0 Å². The van der Waals surface area contributed by atoms with E-state index < -0.39 is 0 Å². The van der Waals surface area contributed by atoms with E-state index in [4.69, 9.17) is 5.26 Å². The molecule has 0 aliphatic carbocycles. The Morgan fingerprint density at radius 1 is 1.20 bits per heavy atom. The van der Waals surface area contributed by atoms with Crippen molar-refractivity contribution in [1.29, 1.82) is 5.26 Å². The number of imidazole rings is 2. The molecule has 0 aliphatic heterocycles. The summed E-state index contributed by atoms with van der Waals surface area (Å²) in [6.45, 7) is 1.43. The molecule has 0 saturated heterocycles. The Morgan fingerprint density at radius 2 is 1.60 bits per heavy atom. The van der Waals surface area contributed by atoms with Crippen LogP contribution in [0.2, 0.25) is 0 Å². The summed E-state index contributed by atoms with van der Waals surface area (Å²) in [6, 6.07) is 1.56. The first-order chi connectivity index (χ1) is 7.29. The largest absolute Gasteiger partial charge is 0.338 e. The molecular weight excluding hydrogens is 194 g/mol. The predicted molar refractivity (Wildman–Crippen MR) is 51.9 cm³/mol. The molecule has 2 aromatic heterocycles. The van der Waals surface area contributed by atoms with E-state index in [0.29, 0.717) is 0 Å². The molecule has 15 heavy (non-hydrogen) atoms. The van der Waals surface area contributed by atoms with Gasteiger partial charge in [-0.05, 0) is 0 Å². The second-order valence-corrected chi connectivity index (χ2v) is 2.45. The van der Waals surface area contributed by atoms with Crippen LogP contribution in [-0.2, 0) is 0 Å². The molecule has 6 nitrogen and oxygen atoms in total. The standard InChI is InChI=1S/C7H6N4O.C2H3N/c12-7(10-3-1-8-5-10)11-4-2-9-6-11;1-2-3/h1-6H;1H3. The third kappa shape index (κ3) is 2.77. The first-order valence-corrected chi connectivity index (χ1v) is 4.11. The minimum atomic E-state index is -0.190. The highest BCUT2D eigenvalue weighted by Crippen LogP contribution is 1.91. The maximum Gasteiger partial charge on any atom is 0.338 e. The van der Waals surface area contributed by atoms with Gasteiger partial charge in [0.15, 0.2) is 0 Å². The van der Waals surface area contributed by atoms with Crippen molar-refractivity contribution >= 4 is 6.03 Å². The van der Waals surface area contributed by atoms with Gasteiger partial charge in [-0.3, -0.25) is 9.13 Å². The highest BCUT2D eigenvalue weighted by Gasteiger charge is 2.03. The van der Waals surface area contributed by atoms with Crippen LogP contribution in [0.4, 0.5) is 4.79 Å². The normalized spacial score (nSPS) is 8.53. The minimum Gasteiger partial charge on any atom is -0.257 e. The van der Waals surface area contributed by atoms with Crippen molar-refractivity contribution in [2.75, 3.05) is 0 Å². The van der Waals surface area contributed by atoms with Gasteiger partial charge in [0.25, 0.3) is 0 Å². The number of nitriles is 1. The number of hydrogen-bond acceptors (Lipinski definition) is 4. The third-order valence-electron chi connectivity index (χ3n) is 1.45. The van der Waals surface area contributed by atoms with Crippen LogP contribution in [0.5, 0.6) is 0 Å². The summed E-state index contributed by atoms with van der Waals surface area (Å²) in [5.74, 6) is 0. The second-order valence-electron chi connectivity index (χ2n) is 2.45. The summed E-state index contributed by atoms with van der Waals surface area (Å²) in [5, 5.41) is 7.32. The first kappa shape index (κ1) is 10.7. The van der Waals surface area contributed by atoms with Crippen molar-refractivity contribution in [3.63, 3.8) is 0 Å². The minimum absolute atomic E-state index is 0.190. The fraction of sp³-hybridized carbons (Fsp3) is 0.111. The van der Waals surface area contributed by atoms with Crippen LogP contribution in [0, 0.1) is 11.3 Å². The summed E-state index contributed by atoms with van der Waals surface area (Å²) in [7, 11) is 0. The molecule has 0 fully saturated rings. The van der Waals surface area contributed by atoms with Crippen molar-refractivity contribution in [2.24, 2.45) is 0 Å². The van der Waals surface area contributed by atoms with Gasteiger partial charge in [-0.25, -0.2) is 14.8 Å². The van der Waals surface area contributed by atoms with Gasteiger partial charge in [-0.2, -0.15) is 5.26 Å². The smallest absolute Gasteiger partial charge is 0.257 e. The number of rotatable bonds is 0. The van der Waals surface area contributed by atoms with E-state index in [9.17, 15) is 4.79 Å². The molecule has 0 aromatic carbocycles. The van der Waals surface area contributed by atoms with Gasteiger partial charge in [-0.1, -0.05) is 0 Å². The molecular formula is C9H9N5O. The van der Waals surface area contributed by atoms with Crippen LogP contribution in [0.1, 0.15) is 6.92 Å². The molecule has 0 bridgehead atoms. The molecule has 0 aliphatic rings. The lowest BCUT2D eigenvalue weighted by molar-refractivity contribution is 0.244. The second kappa shape index (κ2) is 5.34. The molecule has 0 saturated carbocycles. The molecule has 76 valence electrons. The maximum absolute atomic E-state index is 11.4. The Kier molecular flexibility index (Phi) is 3.79. The summed E-state index contributed by atoms with van der Waals surface area (Å²) < 4.78 is 2.75. The molecule has 0 spiro atoms. The number of carbonyl (C=O) groups excluding carboxylic acids is 1. The van der Waals surface area contributed by atoms with Crippen LogP contribution >= 0.6 is 0 Å². The summed E-state index contributed by atoms with van der Waals surface area (Å²) in [4.78, 5) is 18.9. The average molecular weight is 203 g/mol. The van der Waals surface area contributed by atoms with Gasteiger partial charge in [0, 0.05) is 31.7 Å². The molecule has 0 N–H and O–H groups in total. The van der Waals surface area contributed by atoms with Gasteiger partial charge >= 0.3 is 6.03 Å². The van der Waals surface area contributed by atoms with Crippen molar-refractivity contribution in [3.05, 3.63) is 37.4 Å². The van der Waals surface area contributed by atoms with Crippen molar-refractivity contribution < 1.29 is 4.79 Å². The number of aromatic nitrogens is 4. The van der Waals surface area contributed by atoms with Crippen LogP contribution in [0.25, 0.3) is 0 Å². The zero-order valence-electron chi connectivity index (χ0n) is 8.11. The Bertz CT molecular complexity index is 401. The van der Waals surface area contributed by atoms with E-state index in [0.717, 1.165) is 0 Å². The molecule has 0 amide bonds. The molecule has 0 radical (unpaired) electrons. The van der Waals surface area contributed by atoms with Gasteiger partial charge in [-0.15, -0.1) is 0 Å². The molecule has 0 atom stereocenters. The van der Waals surface area contributed by atoms with Crippen LogP contribution in [0.3, 0.4) is 0 Å². The fourth-order valence-electron chi connectivity index (χ4n) is 0.878. The van der Waals surface area contributed by atoms with E-state index in [-0.39, 0.29) is 6.03 Å². The monoisotopic (exact) mass is 203 g/mol. The van der Waals surface area contributed by atoms with Gasteiger partial charge in [0.05, 0.1) is 6.07 Å². The fourth-order valence-corrected chi connectivity index (χ4v) is 0.878. The SMILES string of the molecule is CC#N.O=C(n1ccnc1)n1ccnc1. The maximum atomic E-state index is 11.4. The molecule has 2 rings (SSSR count). The Labute approximate surface area is 86.4 Å². The summed E-state index contributed by atoms with van der Waals surface area (Å²) in [5.41, 5.74) is 0. The molecule has 2 heterocycles. The third-order valence-corrected chi connectivity index (χ3v) is 1.45. The quantitative estimate of drug-likeness (QED) is 0.643. The molecule has 6 heteroatoms. The predicted octanol–water partition coefficient (Wildman–Crippen LogP) is 1.13. The number of carbonyl (C=O) groups is 1. The van der Waals surface area contributed by atoms with E-state index >= 15 is 0 Å². The zero-order valence-corrected chi connectivity index (χ0v) is 8.11. The Hall–Kier alpha value is -2.42. The molecule has 2 aromatic rings. The highest BCUT2D eigenvalue weighted by atomic mass is 16.2. The van der Waals surface area contributed by atoms with E-state index in [1.807, 2.05) is 0 Å². The van der Waals surface area contributed by atoms with Crippen LogP contribution < -0.4 is 0 Å². The lowest BCUT2D eigenvalue weighted by Gasteiger charge is -1.98. The highest BCUT2D eigenvalue weighted by molar-refractivity contribution is 5.78. The topological polar surface area (TPSA) is 76.5 Å². The zero-order chi connectivity index (χ0) is 11.1. The lowest BCUT2D eigenvalue weighted by Crippen LogP contribution is -2.15. The first-order valence-electron chi connectivity index (χ1n) is 4.11. The summed E-state index contributed by atoms with van der Waals surface area (Å²) >= 11 is 0. The van der Waals surface area contributed by atoms with Crippen molar-refractivity contribution in [1.82, 2.24) is 19.1 Å². The van der Waals surface area contributed by atoms with Crippen molar-refractivity contribution in [3.8, 4) is 6.07 Å². The van der Waals surface area contributed by atoms with Gasteiger partial charge in [0.1, 0.15) is 12.7 Å². The Balaban J connectivity index is 0.000000337. The van der Waals surface area contributed by atoms with Crippen LogP contribution in [0.15, 0.2) is 37.4 Å². The van der Waals surface area contributed by atoms with Gasteiger partial charge < -0.3 is 0 Å². The molecule has 0 unspecified atom stereocenters. The van der Waals surface area contributed by atoms with Crippen LogP contribution in [-0.4, -0.2) is 25.1 Å². The van der Waals surface area contributed by atoms with E-state index in [2.05, 4.69) is 9.97 Å². The lowest BCUT2D eigenvalue weighted by atomic mass is 10.8. The summed E-state index contributed by atoms with van der Waals surface area (Å²) in [6.07, 6.45) is 9.17. The van der Waals surface area contributed by atoms with E-state index in [1.54, 1.807) is 30.9 Å². The van der Waals surface area contributed by atoms with E-state index in [1.165, 1.54) is 28.7 Å². The Morgan fingerprint density at radius 3 is 1.87 bits per heavy atom. The number of hydrogen-bond donors (Lipinski definition) is 0. The van der Waals surface area contributed by atoms with Crippen molar-refractivity contribution in [2.45, 2.75) is 6.92 Å².